The van der Waals surface area contributed by atoms with Gasteiger partial charge in [-0.1, -0.05) is 32.0 Å². The maximum absolute atomic E-state index is 13.4. The van der Waals surface area contributed by atoms with E-state index in [1.165, 1.54) is 0 Å². The number of para-hydroxylation sites is 1. The minimum absolute atomic E-state index is 0.0579. The van der Waals surface area contributed by atoms with Gasteiger partial charge in [-0.3, -0.25) is 4.79 Å². The van der Waals surface area contributed by atoms with E-state index in [2.05, 4.69) is 19.2 Å². The van der Waals surface area contributed by atoms with Crippen molar-refractivity contribution in [3.8, 4) is 5.75 Å². The summed E-state index contributed by atoms with van der Waals surface area (Å²) >= 11 is 0. The normalized spacial score (nSPS) is 24.8. The van der Waals surface area contributed by atoms with Gasteiger partial charge in [-0.05, 0) is 44.6 Å². The lowest BCUT2D eigenvalue weighted by molar-refractivity contribution is -0.142. The van der Waals surface area contributed by atoms with Gasteiger partial charge in [-0.25, -0.2) is 4.79 Å². The van der Waals surface area contributed by atoms with Gasteiger partial charge in [0.25, 0.3) is 0 Å². The molecule has 172 valence electrons. The number of ether oxygens (including phenoxy) is 3. The van der Waals surface area contributed by atoms with Crippen LogP contribution in [0.2, 0.25) is 0 Å². The molecule has 32 heavy (non-hydrogen) atoms. The molecule has 4 rings (SSSR count). The van der Waals surface area contributed by atoms with Crippen LogP contribution in [0.4, 0.5) is 0 Å². The molecule has 0 bridgehead atoms. The van der Waals surface area contributed by atoms with Gasteiger partial charge in [0, 0.05) is 35.6 Å². The number of hydrogen-bond acceptors (Lipinski definition) is 6. The Kier molecular flexibility index (Phi) is 6.42. The average molecular weight is 440 g/mol. The molecule has 0 amide bonds. The van der Waals surface area contributed by atoms with Crippen molar-refractivity contribution in [3.63, 3.8) is 0 Å². The van der Waals surface area contributed by atoms with Gasteiger partial charge in [0.05, 0.1) is 24.2 Å². The van der Waals surface area contributed by atoms with Crippen molar-refractivity contribution in [2.75, 3.05) is 19.8 Å². The highest BCUT2D eigenvalue weighted by Gasteiger charge is 2.44. The number of benzene rings is 1. The van der Waals surface area contributed by atoms with E-state index >= 15 is 0 Å². The van der Waals surface area contributed by atoms with E-state index in [0.717, 1.165) is 36.2 Å². The Balaban J connectivity index is 1.76. The van der Waals surface area contributed by atoms with E-state index in [1.807, 2.05) is 38.1 Å². The van der Waals surface area contributed by atoms with E-state index in [0.29, 0.717) is 36.5 Å². The number of allylic oxidation sites excluding steroid dienone is 3. The fraction of sp³-hybridized carbons (Fsp3) is 0.538. The van der Waals surface area contributed by atoms with Crippen LogP contribution in [-0.2, 0) is 19.1 Å². The Bertz CT molecular complexity index is 968. The molecule has 1 saturated heterocycles. The van der Waals surface area contributed by atoms with Gasteiger partial charge in [-0.2, -0.15) is 0 Å². The standard InChI is InChI=1S/C26H33NO5/c1-5-30-21-11-7-6-10-18(21)23-22(25(29)32-15-17-9-8-12-31-17)16(2)27-19-13-26(3,4)14-20(28)24(19)23/h6-7,10-11,17,23,27H,5,8-9,12-15H2,1-4H3/t17-,23+/m0/s1. The predicted molar refractivity (Wildman–Crippen MR) is 121 cm³/mol. The number of carbonyl (C=O) groups excluding carboxylic acids is 2. The molecule has 0 spiro atoms. The number of carbonyl (C=O) groups is 2. The Morgan fingerprint density at radius 3 is 2.75 bits per heavy atom. The quantitative estimate of drug-likeness (QED) is 0.662. The summed E-state index contributed by atoms with van der Waals surface area (Å²) in [5, 5.41) is 3.38. The molecule has 2 atom stereocenters. The molecule has 0 aromatic heterocycles. The summed E-state index contributed by atoms with van der Waals surface area (Å²) in [6, 6.07) is 7.66. The van der Waals surface area contributed by atoms with Crippen molar-refractivity contribution in [2.45, 2.75) is 65.4 Å². The Morgan fingerprint density at radius 2 is 2.03 bits per heavy atom. The number of dihydropyridines is 1. The maximum atomic E-state index is 13.4. The topological polar surface area (TPSA) is 73.9 Å². The van der Waals surface area contributed by atoms with Crippen LogP contribution >= 0.6 is 0 Å². The molecule has 6 heteroatoms. The van der Waals surface area contributed by atoms with E-state index in [9.17, 15) is 9.59 Å². The number of ketones is 1. The zero-order chi connectivity index (χ0) is 22.9. The third kappa shape index (κ3) is 4.46. The summed E-state index contributed by atoms with van der Waals surface area (Å²) < 4.78 is 17.2. The highest BCUT2D eigenvalue weighted by atomic mass is 16.6. The molecular formula is C26H33NO5. The smallest absolute Gasteiger partial charge is 0.336 e. The van der Waals surface area contributed by atoms with Crippen molar-refractivity contribution in [1.29, 1.82) is 0 Å². The molecule has 1 aromatic carbocycles. The molecular weight excluding hydrogens is 406 g/mol. The molecule has 0 unspecified atom stereocenters. The van der Waals surface area contributed by atoms with E-state index in [4.69, 9.17) is 14.2 Å². The lowest BCUT2D eigenvalue weighted by atomic mass is 9.68. The zero-order valence-corrected chi connectivity index (χ0v) is 19.5. The molecule has 6 nitrogen and oxygen atoms in total. The number of Topliss-reactive ketones (excluding diaryl/α,β-unsaturated/α-hetero) is 1. The lowest BCUT2D eigenvalue weighted by Crippen LogP contribution is -2.39. The average Bonchev–Trinajstić information content (AvgIpc) is 3.24. The van der Waals surface area contributed by atoms with E-state index in [1.54, 1.807) is 0 Å². The minimum atomic E-state index is -0.519. The molecule has 0 radical (unpaired) electrons. The maximum Gasteiger partial charge on any atom is 0.336 e. The third-order valence-electron chi connectivity index (χ3n) is 6.41. The van der Waals surface area contributed by atoms with Crippen LogP contribution in [0.25, 0.3) is 0 Å². The summed E-state index contributed by atoms with van der Waals surface area (Å²) in [6.07, 6.45) is 3.01. The molecule has 2 aliphatic heterocycles. The first-order valence-corrected chi connectivity index (χ1v) is 11.5. The van der Waals surface area contributed by atoms with Gasteiger partial charge in [-0.15, -0.1) is 0 Å². The van der Waals surface area contributed by atoms with Crippen molar-refractivity contribution in [3.05, 3.63) is 52.4 Å². The van der Waals surface area contributed by atoms with E-state index in [-0.39, 0.29) is 23.9 Å². The first-order valence-electron chi connectivity index (χ1n) is 11.5. The van der Waals surface area contributed by atoms with Crippen molar-refractivity contribution >= 4 is 11.8 Å². The molecule has 1 aliphatic carbocycles. The number of nitrogens with one attached hydrogen (secondary N) is 1. The third-order valence-corrected chi connectivity index (χ3v) is 6.41. The second-order valence-electron chi connectivity index (χ2n) is 9.63. The fourth-order valence-corrected chi connectivity index (χ4v) is 5.05. The van der Waals surface area contributed by atoms with Gasteiger partial charge in [0.2, 0.25) is 0 Å². The van der Waals surface area contributed by atoms with Gasteiger partial charge >= 0.3 is 5.97 Å². The van der Waals surface area contributed by atoms with Gasteiger partial charge in [0.1, 0.15) is 12.4 Å². The molecule has 2 heterocycles. The first kappa shape index (κ1) is 22.6. The molecule has 1 aromatic rings. The summed E-state index contributed by atoms with van der Waals surface area (Å²) in [7, 11) is 0. The molecule has 1 fully saturated rings. The largest absolute Gasteiger partial charge is 0.494 e. The van der Waals surface area contributed by atoms with E-state index < -0.39 is 11.9 Å². The summed E-state index contributed by atoms with van der Waals surface area (Å²) in [4.78, 5) is 26.8. The number of hydrogen-bond donors (Lipinski definition) is 1. The lowest BCUT2D eigenvalue weighted by Gasteiger charge is -2.39. The van der Waals surface area contributed by atoms with Crippen LogP contribution in [0.1, 0.15) is 64.9 Å². The summed E-state index contributed by atoms with van der Waals surface area (Å²) in [6.45, 7) is 9.44. The van der Waals surface area contributed by atoms with Gasteiger partial charge in [0.15, 0.2) is 5.78 Å². The summed E-state index contributed by atoms with van der Waals surface area (Å²) in [5.74, 6) is -0.179. The van der Waals surface area contributed by atoms with Crippen molar-refractivity contribution in [1.82, 2.24) is 5.32 Å². The Morgan fingerprint density at radius 1 is 1.25 bits per heavy atom. The predicted octanol–water partition coefficient (Wildman–Crippen LogP) is 4.41. The summed E-state index contributed by atoms with van der Waals surface area (Å²) in [5.41, 5.74) is 3.44. The highest BCUT2D eigenvalue weighted by molar-refractivity contribution is 6.04. The van der Waals surface area contributed by atoms with Crippen LogP contribution in [0.5, 0.6) is 5.75 Å². The van der Waals surface area contributed by atoms with Gasteiger partial charge < -0.3 is 19.5 Å². The number of rotatable bonds is 6. The zero-order valence-electron chi connectivity index (χ0n) is 19.5. The van der Waals surface area contributed by atoms with Crippen LogP contribution in [0, 0.1) is 5.41 Å². The minimum Gasteiger partial charge on any atom is -0.494 e. The van der Waals surface area contributed by atoms with Crippen LogP contribution in [0.15, 0.2) is 46.8 Å². The Hall–Kier alpha value is -2.60. The fourth-order valence-electron chi connectivity index (χ4n) is 5.05. The second-order valence-corrected chi connectivity index (χ2v) is 9.63. The molecule has 1 N–H and O–H groups in total. The highest BCUT2D eigenvalue weighted by Crippen LogP contribution is 2.48. The molecule has 3 aliphatic rings. The Labute approximate surface area is 190 Å². The monoisotopic (exact) mass is 439 g/mol. The molecule has 0 saturated carbocycles. The second kappa shape index (κ2) is 9.10. The SMILES string of the molecule is CCOc1ccccc1[C@@H]1C(C(=O)OC[C@@H]2CCCO2)=C(C)NC2=C1C(=O)CC(C)(C)C2. The van der Waals surface area contributed by atoms with Crippen molar-refractivity contribution < 1.29 is 23.8 Å². The number of esters is 1. The van der Waals surface area contributed by atoms with Crippen LogP contribution in [0.3, 0.4) is 0 Å². The van der Waals surface area contributed by atoms with Crippen LogP contribution in [-0.4, -0.2) is 37.7 Å². The first-order chi connectivity index (χ1) is 15.3. The van der Waals surface area contributed by atoms with Crippen molar-refractivity contribution in [2.24, 2.45) is 5.41 Å². The van der Waals surface area contributed by atoms with Crippen LogP contribution < -0.4 is 10.1 Å².